The van der Waals surface area contributed by atoms with Crippen LogP contribution in [0.2, 0.25) is 0 Å². The van der Waals surface area contributed by atoms with Gasteiger partial charge in [-0.1, -0.05) is 30.4 Å². The first-order valence-electron chi connectivity index (χ1n) is 8.82. The first-order valence-corrected chi connectivity index (χ1v) is 8.82. The van der Waals surface area contributed by atoms with Gasteiger partial charge >= 0.3 is 0 Å². The maximum Gasteiger partial charge on any atom is 0.226 e. The molecule has 24 heavy (non-hydrogen) atoms. The van der Waals surface area contributed by atoms with Crippen molar-refractivity contribution in [3.05, 3.63) is 42.0 Å². The molecule has 2 rings (SSSR count). The molecule has 0 unspecified atom stereocenters. The average molecular weight is 330 g/mol. The number of para-hydroxylation sites is 1. The molecule has 0 radical (unpaired) electrons. The summed E-state index contributed by atoms with van der Waals surface area (Å²) < 4.78 is 5.43. The van der Waals surface area contributed by atoms with E-state index in [2.05, 4.69) is 17.5 Å². The Balaban J connectivity index is 1.89. The van der Waals surface area contributed by atoms with E-state index in [4.69, 9.17) is 4.74 Å². The molecule has 4 heteroatoms. The molecule has 1 saturated heterocycles. The number of likely N-dealkylation sites (N-methyl/N-ethyl adjacent to an activating group) is 1. The predicted octanol–water partition coefficient (Wildman–Crippen LogP) is 3.33. The van der Waals surface area contributed by atoms with E-state index in [9.17, 15) is 4.79 Å². The van der Waals surface area contributed by atoms with Crippen molar-refractivity contribution in [2.75, 3.05) is 33.3 Å². The topological polar surface area (TPSA) is 32.8 Å². The van der Waals surface area contributed by atoms with Gasteiger partial charge in [-0.3, -0.25) is 9.69 Å². The summed E-state index contributed by atoms with van der Waals surface area (Å²) in [6.45, 7) is 12.2. The van der Waals surface area contributed by atoms with Crippen molar-refractivity contribution in [2.24, 2.45) is 5.92 Å². The van der Waals surface area contributed by atoms with Gasteiger partial charge in [0.2, 0.25) is 5.91 Å². The van der Waals surface area contributed by atoms with E-state index in [1.807, 2.05) is 36.9 Å². The zero-order valence-electron chi connectivity index (χ0n) is 15.3. The fourth-order valence-electron chi connectivity index (χ4n) is 3.34. The molecule has 1 fully saturated rings. The molecule has 0 bridgehead atoms. The number of hydrogen-bond donors (Lipinski definition) is 0. The van der Waals surface area contributed by atoms with Crippen LogP contribution in [0.4, 0.5) is 0 Å². The van der Waals surface area contributed by atoms with E-state index in [0.29, 0.717) is 6.54 Å². The van der Waals surface area contributed by atoms with Crippen LogP contribution in [0.1, 0.15) is 32.3 Å². The molecular weight excluding hydrogens is 300 g/mol. The minimum Gasteiger partial charge on any atom is -0.496 e. The van der Waals surface area contributed by atoms with Gasteiger partial charge in [-0.2, -0.15) is 0 Å². The van der Waals surface area contributed by atoms with Gasteiger partial charge < -0.3 is 9.64 Å². The van der Waals surface area contributed by atoms with Crippen LogP contribution in [0.25, 0.3) is 0 Å². The number of amides is 1. The molecule has 132 valence electrons. The van der Waals surface area contributed by atoms with Gasteiger partial charge in [0.15, 0.2) is 0 Å². The summed E-state index contributed by atoms with van der Waals surface area (Å²) in [6, 6.07) is 8.16. The Labute approximate surface area is 146 Å². The van der Waals surface area contributed by atoms with Crippen LogP contribution < -0.4 is 4.74 Å². The van der Waals surface area contributed by atoms with E-state index in [1.54, 1.807) is 7.11 Å². The zero-order chi connectivity index (χ0) is 17.5. The van der Waals surface area contributed by atoms with E-state index in [1.165, 1.54) is 5.56 Å². The second-order valence-electron chi connectivity index (χ2n) is 6.67. The summed E-state index contributed by atoms with van der Waals surface area (Å²) in [5.41, 5.74) is 2.25. The maximum atomic E-state index is 12.7. The molecule has 1 aromatic rings. The first-order chi connectivity index (χ1) is 11.5. The fraction of sp³-hybridized carbons (Fsp3) is 0.550. The minimum atomic E-state index is 0.151. The second-order valence-corrected chi connectivity index (χ2v) is 6.67. The zero-order valence-corrected chi connectivity index (χ0v) is 15.3. The van der Waals surface area contributed by atoms with Crippen molar-refractivity contribution in [2.45, 2.75) is 33.2 Å². The second kappa shape index (κ2) is 8.88. The number of nitrogens with zero attached hydrogens (tertiary/aromatic N) is 2. The first kappa shape index (κ1) is 18.5. The number of piperidine rings is 1. The van der Waals surface area contributed by atoms with Crippen LogP contribution in [-0.2, 0) is 11.3 Å². The average Bonchev–Trinajstić information content (AvgIpc) is 2.60. The molecule has 0 saturated carbocycles. The van der Waals surface area contributed by atoms with Crippen LogP contribution in [0.3, 0.4) is 0 Å². The normalized spacial score (nSPS) is 16.0. The third-order valence-corrected chi connectivity index (χ3v) is 4.68. The third-order valence-electron chi connectivity index (χ3n) is 4.68. The number of methoxy groups -OCH3 is 1. The number of carbonyl (C=O) groups is 1. The van der Waals surface area contributed by atoms with Crippen LogP contribution in [0.5, 0.6) is 5.75 Å². The summed E-state index contributed by atoms with van der Waals surface area (Å²) in [5, 5.41) is 0. The summed E-state index contributed by atoms with van der Waals surface area (Å²) in [7, 11) is 1.71. The fourth-order valence-corrected chi connectivity index (χ4v) is 3.34. The van der Waals surface area contributed by atoms with Gasteiger partial charge in [0.1, 0.15) is 5.75 Å². The highest BCUT2D eigenvalue weighted by atomic mass is 16.5. The van der Waals surface area contributed by atoms with E-state index >= 15 is 0 Å². The molecule has 1 heterocycles. The molecule has 0 aromatic heterocycles. The SMILES string of the molecule is C=C(C)CN(CC)C(=O)C1CCN(Cc2ccccc2OC)CC1. The minimum absolute atomic E-state index is 0.151. The van der Waals surface area contributed by atoms with Crippen molar-refractivity contribution in [3.8, 4) is 5.75 Å². The standard InChI is InChI=1S/C20H30N2O2/c1-5-22(14-16(2)3)20(23)17-10-12-21(13-11-17)15-18-8-6-7-9-19(18)24-4/h6-9,17H,2,5,10-15H2,1,3-4H3. The Bertz CT molecular complexity index is 563. The highest BCUT2D eigenvalue weighted by molar-refractivity contribution is 5.79. The van der Waals surface area contributed by atoms with E-state index < -0.39 is 0 Å². The molecular formula is C20H30N2O2. The van der Waals surface area contributed by atoms with Crippen LogP contribution >= 0.6 is 0 Å². The summed E-state index contributed by atoms with van der Waals surface area (Å²) in [4.78, 5) is 17.0. The van der Waals surface area contributed by atoms with Crippen LogP contribution in [0, 0.1) is 5.92 Å². The number of hydrogen-bond acceptors (Lipinski definition) is 3. The molecule has 0 aliphatic carbocycles. The van der Waals surface area contributed by atoms with Crippen molar-refractivity contribution >= 4 is 5.91 Å². The van der Waals surface area contributed by atoms with Crippen molar-refractivity contribution in [1.82, 2.24) is 9.80 Å². The van der Waals surface area contributed by atoms with E-state index in [0.717, 1.165) is 50.3 Å². The molecule has 4 nitrogen and oxygen atoms in total. The van der Waals surface area contributed by atoms with Gasteiger partial charge in [0, 0.05) is 31.1 Å². The van der Waals surface area contributed by atoms with Gasteiger partial charge in [-0.25, -0.2) is 0 Å². The maximum absolute atomic E-state index is 12.7. The van der Waals surface area contributed by atoms with E-state index in [-0.39, 0.29) is 11.8 Å². The van der Waals surface area contributed by atoms with Gasteiger partial charge in [0.25, 0.3) is 0 Å². The third kappa shape index (κ3) is 4.84. The van der Waals surface area contributed by atoms with Crippen LogP contribution in [0.15, 0.2) is 36.4 Å². The molecule has 0 spiro atoms. The van der Waals surface area contributed by atoms with Crippen molar-refractivity contribution in [3.63, 3.8) is 0 Å². The highest BCUT2D eigenvalue weighted by Gasteiger charge is 2.28. The largest absolute Gasteiger partial charge is 0.496 e. The smallest absolute Gasteiger partial charge is 0.226 e. The molecule has 0 N–H and O–H groups in total. The Morgan fingerprint density at radius 1 is 1.33 bits per heavy atom. The lowest BCUT2D eigenvalue weighted by Gasteiger charge is -2.34. The molecule has 1 aromatic carbocycles. The summed E-state index contributed by atoms with van der Waals surface area (Å²) in [6.07, 6.45) is 1.86. The quantitative estimate of drug-likeness (QED) is 0.719. The summed E-state index contributed by atoms with van der Waals surface area (Å²) in [5.74, 6) is 1.38. The Morgan fingerprint density at radius 2 is 2.00 bits per heavy atom. The number of rotatable bonds is 7. The monoisotopic (exact) mass is 330 g/mol. The molecule has 1 amide bonds. The van der Waals surface area contributed by atoms with Gasteiger partial charge in [-0.05, 0) is 45.8 Å². The molecule has 0 atom stereocenters. The molecule has 1 aliphatic heterocycles. The number of benzene rings is 1. The molecule has 1 aliphatic rings. The number of ether oxygens (including phenoxy) is 1. The highest BCUT2D eigenvalue weighted by Crippen LogP contribution is 2.24. The van der Waals surface area contributed by atoms with Gasteiger partial charge in [0.05, 0.1) is 7.11 Å². The lowest BCUT2D eigenvalue weighted by atomic mass is 9.94. The Morgan fingerprint density at radius 3 is 2.58 bits per heavy atom. The Hall–Kier alpha value is -1.81. The van der Waals surface area contributed by atoms with Crippen molar-refractivity contribution < 1.29 is 9.53 Å². The summed E-state index contributed by atoms with van der Waals surface area (Å²) >= 11 is 0. The van der Waals surface area contributed by atoms with Crippen molar-refractivity contribution in [1.29, 1.82) is 0 Å². The lowest BCUT2D eigenvalue weighted by molar-refractivity contribution is -0.136. The van der Waals surface area contributed by atoms with Crippen LogP contribution in [-0.4, -0.2) is 49.0 Å². The lowest BCUT2D eigenvalue weighted by Crippen LogP contribution is -2.42. The van der Waals surface area contributed by atoms with Gasteiger partial charge in [-0.15, -0.1) is 0 Å². The number of carbonyl (C=O) groups excluding carboxylic acids is 1. The Kier molecular flexibility index (Phi) is 6.85. The predicted molar refractivity (Wildman–Crippen MR) is 98.1 cm³/mol. The number of likely N-dealkylation sites (tertiary alicyclic amines) is 1.